The summed E-state index contributed by atoms with van der Waals surface area (Å²) in [6.45, 7) is 0.0489. The molecule has 12 heteroatoms. The van der Waals surface area contributed by atoms with E-state index in [-0.39, 0.29) is 30.8 Å². The number of anilines is 1. The molecule has 2 aliphatic rings. The molecule has 1 saturated carbocycles. The van der Waals surface area contributed by atoms with Gasteiger partial charge in [0, 0.05) is 17.3 Å². The Kier molecular flexibility index (Phi) is 5.60. The molecule has 37 heavy (non-hydrogen) atoms. The Bertz CT molecular complexity index is 1550. The van der Waals surface area contributed by atoms with Gasteiger partial charge in [-0.2, -0.15) is 0 Å². The molecule has 2 fully saturated rings. The first-order chi connectivity index (χ1) is 17.9. The minimum Gasteiger partial charge on any atom is -0.436 e. The molecule has 2 aromatic carbocycles. The molecule has 0 bridgehead atoms. The number of fused-ring (bicyclic) bond motifs is 1. The lowest BCUT2D eigenvalue weighted by molar-refractivity contribution is -0.746. The van der Waals surface area contributed by atoms with Crippen LogP contribution in [0.2, 0.25) is 0 Å². The highest BCUT2D eigenvalue weighted by atomic mass is 32.1. The summed E-state index contributed by atoms with van der Waals surface area (Å²) in [7, 11) is 1.63. The molecule has 0 radical (unpaired) electrons. The number of aromatic amines is 1. The Morgan fingerprint density at radius 1 is 1.19 bits per heavy atom. The van der Waals surface area contributed by atoms with Crippen molar-refractivity contribution >= 4 is 45.9 Å². The van der Waals surface area contributed by atoms with Gasteiger partial charge in [0.05, 0.1) is 6.42 Å². The number of aromatic nitrogens is 3. The van der Waals surface area contributed by atoms with Gasteiger partial charge in [-0.25, -0.2) is 9.78 Å². The topological polar surface area (TPSA) is 129 Å². The maximum atomic E-state index is 13.3. The van der Waals surface area contributed by atoms with Crippen LogP contribution in [0.4, 0.5) is 5.69 Å². The molecule has 1 aliphatic heterocycles. The number of nitrogens with zero attached hydrogens (tertiary/aromatic N) is 4. The number of thiocarbonyl (C=S) groups is 1. The molecule has 1 atom stereocenters. The van der Waals surface area contributed by atoms with Crippen LogP contribution in [0, 0.1) is 0 Å². The van der Waals surface area contributed by atoms with Crippen LogP contribution in [0.25, 0.3) is 22.6 Å². The zero-order chi connectivity index (χ0) is 25.7. The van der Waals surface area contributed by atoms with E-state index in [0.717, 1.165) is 23.9 Å². The van der Waals surface area contributed by atoms with E-state index in [0.29, 0.717) is 28.0 Å². The number of nitrogens with one attached hydrogen (secondary N) is 2. The van der Waals surface area contributed by atoms with Crippen LogP contribution in [0.3, 0.4) is 0 Å². The van der Waals surface area contributed by atoms with E-state index < -0.39 is 11.7 Å². The first kappa shape index (κ1) is 23.1. The van der Waals surface area contributed by atoms with Gasteiger partial charge in [0.2, 0.25) is 11.8 Å². The minimum absolute atomic E-state index is 0.0475. The number of carbonyl (C=O) groups excluding carboxylic acids is 2. The molecular formula is C25H23N6O5S+. The second kappa shape index (κ2) is 8.96. The molecule has 2 N–H and O–H groups in total. The van der Waals surface area contributed by atoms with Gasteiger partial charge in [-0.1, -0.05) is 16.8 Å². The summed E-state index contributed by atoms with van der Waals surface area (Å²) in [4.78, 5) is 46.1. The number of carbonyl (C=O) groups is 2. The number of hydrogen-bond donors (Lipinski definition) is 2. The fourth-order valence-corrected chi connectivity index (χ4v) is 4.91. The number of aryl methyl sites for hydroxylation is 1. The van der Waals surface area contributed by atoms with Crippen LogP contribution in [-0.2, 0) is 23.2 Å². The highest BCUT2D eigenvalue weighted by Crippen LogP contribution is 2.34. The maximum Gasteiger partial charge on any atom is 0.431 e. The summed E-state index contributed by atoms with van der Waals surface area (Å²) in [6.07, 6.45) is 1.62. The lowest BCUT2D eigenvalue weighted by Crippen LogP contribution is -2.44. The normalized spacial score (nSPS) is 17.7. The summed E-state index contributed by atoms with van der Waals surface area (Å²) >= 11 is 5.59. The van der Waals surface area contributed by atoms with Crippen LogP contribution in [-0.4, -0.2) is 49.1 Å². The van der Waals surface area contributed by atoms with Gasteiger partial charge in [0.25, 0.3) is 5.91 Å². The molecule has 2 aromatic heterocycles. The third-order valence-corrected chi connectivity index (χ3v) is 7.02. The van der Waals surface area contributed by atoms with Gasteiger partial charge in [-0.05, 0) is 66.7 Å². The van der Waals surface area contributed by atoms with Crippen molar-refractivity contribution in [2.24, 2.45) is 7.05 Å². The van der Waals surface area contributed by atoms with E-state index in [9.17, 15) is 14.4 Å². The number of H-pyrrole nitrogens is 1. The molecule has 1 aliphatic carbocycles. The summed E-state index contributed by atoms with van der Waals surface area (Å²) in [6, 6.07) is 13.9. The Labute approximate surface area is 215 Å². The minimum atomic E-state index is -0.818. The summed E-state index contributed by atoms with van der Waals surface area (Å²) in [5.74, 6) is -0.0808. The average Bonchev–Trinajstić information content (AvgIpc) is 3.47. The molecule has 0 spiro atoms. The van der Waals surface area contributed by atoms with E-state index >= 15 is 0 Å². The molecule has 6 rings (SSSR count). The number of rotatable bonds is 7. The van der Waals surface area contributed by atoms with E-state index in [4.69, 9.17) is 21.2 Å². The smallest absolute Gasteiger partial charge is 0.431 e. The number of hydrogen-bond acceptors (Lipinski definition) is 7. The Balaban J connectivity index is 1.17. The van der Waals surface area contributed by atoms with Crippen molar-refractivity contribution in [3.63, 3.8) is 0 Å². The van der Waals surface area contributed by atoms with Gasteiger partial charge >= 0.3 is 11.3 Å². The quantitative estimate of drug-likeness (QED) is 0.281. The molecular weight excluding hydrogens is 496 g/mol. The third kappa shape index (κ3) is 4.29. The predicted molar refractivity (Wildman–Crippen MR) is 135 cm³/mol. The first-order valence-electron chi connectivity index (χ1n) is 11.8. The van der Waals surface area contributed by atoms with Crippen LogP contribution in [0.15, 0.2) is 62.3 Å². The van der Waals surface area contributed by atoms with Crippen LogP contribution in [0.1, 0.15) is 25.0 Å². The second-order valence-electron chi connectivity index (χ2n) is 9.17. The number of oxazole rings is 1. The first-order valence-corrected chi connectivity index (χ1v) is 12.3. The highest BCUT2D eigenvalue weighted by molar-refractivity contribution is 7.80. The molecule has 188 valence electrons. The zero-order valence-electron chi connectivity index (χ0n) is 19.8. The van der Waals surface area contributed by atoms with Crippen molar-refractivity contribution in [1.82, 2.24) is 20.1 Å². The highest BCUT2D eigenvalue weighted by Gasteiger charge is 2.50. The van der Waals surface area contributed by atoms with Gasteiger partial charge < -0.3 is 14.6 Å². The zero-order valence-corrected chi connectivity index (χ0v) is 20.7. The predicted octanol–water partition coefficient (Wildman–Crippen LogP) is 2.09. The van der Waals surface area contributed by atoms with Crippen molar-refractivity contribution in [2.75, 3.05) is 5.32 Å². The van der Waals surface area contributed by atoms with Crippen molar-refractivity contribution in [3.05, 3.63) is 64.6 Å². The number of benzene rings is 2. The lowest BCUT2D eigenvalue weighted by atomic mass is 10.1. The molecule has 11 nitrogen and oxygen atoms in total. The van der Waals surface area contributed by atoms with E-state index in [1.807, 2.05) is 36.4 Å². The fourth-order valence-electron chi connectivity index (χ4n) is 4.48. The van der Waals surface area contributed by atoms with Crippen LogP contribution >= 0.6 is 12.2 Å². The van der Waals surface area contributed by atoms with Crippen molar-refractivity contribution in [3.8, 4) is 11.5 Å². The molecule has 1 unspecified atom stereocenters. The Morgan fingerprint density at radius 3 is 2.62 bits per heavy atom. The van der Waals surface area contributed by atoms with Gasteiger partial charge in [0.1, 0.15) is 18.1 Å². The summed E-state index contributed by atoms with van der Waals surface area (Å²) in [5.41, 5.74) is 2.56. The Hall–Kier alpha value is -4.32. The standard InChI is InChI=1S/C25H22N6O5S/c1-29-19(24(34)36-28-29)13-30-18(23(33)31(25(30)37)16-10-11-16)12-21(32)26-15-8-6-14(7-9-15)22-27-17-4-2-3-5-20(17)35-22/h2-9,16,18H,10-13H2,1H3,(H-,26,27,28,32,34)/p+1. The number of para-hydroxylation sites is 2. The number of amides is 2. The summed E-state index contributed by atoms with van der Waals surface area (Å²) in [5, 5.41) is 5.64. The van der Waals surface area contributed by atoms with Gasteiger partial charge in [-0.3, -0.25) is 19.0 Å². The van der Waals surface area contributed by atoms with Crippen molar-refractivity contribution < 1.29 is 23.2 Å². The van der Waals surface area contributed by atoms with E-state index in [2.05, 4.69) is 15.6 Å². The third-order valence-electron chi connectivity index (χ3n) is 6.59. The lowest BCUT2D eigenvalue weighted by Gasteiger charge is -2.21. The van der Waals surface area contributed by atoms with Crippen molar-refractivity contribution in [1.29, 1.82) is 0 Å². The fraction of sp³-hybridized carbons (Fsp3) is 0.280. The average molecular weight is 520 g/mol. The maximum absolute atomic E-state index is 13.3. The monoisotopic (exact) mass is 519 g/mol. The molecule has 2 amide bonds. The van der Waals surface area contributed by atoms with E-state index in [1.165, 1.54) is 4.68 Å². The van der Waals surface area contributed by atoms with Crippen LogP contribution < -0.4 is 15.6 Å². The second-order valence-corrected chi connectivity index (χ2v) is 9.53. The van der Waals surface area contributed by atoms with E-state index in [1.54, 1.807) is 29.0 Å². The largest absolute Gasteiger partial charge is 0.436 e. The van der Waals surface area contributed by atoms with Gasteiger partial charge in [-0.15, -0.1) is 0 Å². The Morgan fingerprint density at radius 2 is 1.95 bits per heavy atom. The van der Waals surface area contributed by atoms with Crippen molar-refractivity contribution in [2.45, 2.75) is 37.9 Å². The van der Waals surface area contributed by atoms with Gasteiger partial charge in [0.15, 0.2) is 17.7 Å². The molecule has 3 heterocycles. The molecule has 1 saturated heterocycles. The summed E-state index contributed by atoms with van der Waals surface area (Å²) < 4.78 is 12.1. The molecule has 4 aromatic rings. The SMILES string of the molecule is C[n+]1[nH]oc(=O)c1CN1C(=S)N(C2CC2)C(=O)C1CC(=O)Nc1ccc(-c2nc3ccccc3o2)cc1. The van der Waals surface area contributed by atoms with Crippen LogP contribution in [0.5, 0.6) is 0 Å².